The fourth-order valence-electron chi connectivity index (χ4n) is 6.18. The number of nitrogens with zero attached hydrogens (tertiary/aromatic N) is 9. The Balaban J connectivity index is 1.10. The van der Waals surface area contributed by atoms with Crippen LogP contribution in [0.2, 0.25) is 0 Å². The van der Waals surface area contributed by atoms with Crippen LogP contribution < -0.4 is 4.90 Å². The van der Waals surface area contributed by atoms with Crippen LogP contribution in [0.5, 0.6) is 0 Å². The van der Waals surface area contributed by atoms with Gasteiger partial charge < -0.3 is 9.88 Å². The summed E-state index contributed by atoms with van der Waals surface area (Å²) in [5.74, 6) is -0.422. The number of aromatic nitrogens is 5. The number of nitriles is 2. The van der Waals surface area contributed by atoms with Crippen molar-refractivity contribution in [3.63, 3.8) is 0 Å². The Bertz CT molecular complexity index is 1610. The number of halogens is 1. The molecule has 0 spiro atoms. The van der Waals surface area contributed by atoms with Crippen LogP contribution in [-0.4, -0.2) is 80.8 Å². The Labute approximate surface area is 232 Å². The molecular formula is C29H31FN10. The molecule has 1 N–H and O–H groups in total. The lowest BCUT2D eigenvalue weighted by atomic mass is 9.70. The highest BCUT2D eigenvalue weighted by Gasteiger charge is 2.49. The van der Waals surface area contributed by atoms with Gasteiger partial charge in [-0.05, 0) is 25.0 Å². The van der Waals surface area contributed by atoms with Crippen molar-refractivity contribution in [1.82, 2.24) is 34.5 Å². The molecule has 6 rings (SSSR count). The number of hydrogen-bond acceptors (Lipinski definition) is 8. The molecule has 40 heavy (non-hydrogen) atoms. The van der Waals surface area contributed by atoms with Gasteiger partial charge in [0.2, 0.25) is 0 Å². The number of aromatic amines is 1. The molecule has 1 saturated carbocycles. The van der Waals surface area contributed by atoms with Crippen LogP contribution in [0, 0.1) is 28.5 Å². The highest BCUT2D eigenvalue weighted by molar-refractivity contribution is 5.90. The third-order valence-corrected chi connectivity index (χ3v) is 8.45. The van der Waals surface area contributed by atoms with Gasteiger partial charge in [-0.2, -0.15) is 15.6 Å². The van der Waals surface area contributed by atoms with E-state index < -0.39 is 5.82 Å². The molecule has 0 amide bonds. The molecule has 3 aromatic heterocycles. The zero-order valence-electron chi connectivity index (χ0n) is 22.7. The monoisotopic (exact) mass is 538 g/mol. The maximum Gasteiger partial charge on any atom is 0.147 e. The summed E-state index contributed by atoms with van der Waals surface area (Å²) in [6.07, 6.45) is 9.34. The van der Waals surface area contributed by atoms with Crippen LogP contribution in [0.15, 0.2) is 43.1 Å². The van der Waals surface area contributed by atoms with Crippen molar-refractivity contribution in [3.05, 3.63) is 60.1 Å². The van der Waals surface area contributed by atoms with Gasteiger partial charge in [0.1, 0.15) is 29.4 Å². The maximum atomic E-state index is 15.1. The van der Waals surface area contributed by atoms with E-state index in [1.807, 2.05) is 55.6 Å². The van der Waals surface area contributed by atoms with Crippen LogP contribution in [-0.2, 0) is 12.1 Å². The molecule has 4 aromatic rings. The quantitative estimate of drug-likeness (QED) is 0.380. The van der Waals surface area contributed by atoms with Crippen molar-refractivity contribution >= 4 is 16.7 Å². The summed E-state index contributed by atoms with van der Waals surface area (Å²) in [6.45, 7) is 3.90. The van der Waals surface area contributed by atoms with Gasteiger partial charge in [-0.1, -0.05) is 6.07 Å². The molecule has 10 nitrogen and oxygen atoms in total. The van der Waals surface area contributed by atoms with Gasteiger partial charge in [-0.3, -0.25) is 14.5 Å². The van der Waals surface area contributed by atoms with Crippen LogP contribution in [0.25, 0.3) is 22.3 Å². The largest absolute Gasteiger partial charge is 0.377 e. The molecular weight excluding hydrogens is 507 g/mol. The van der Waals surface area contributed by atoms with E-state index in [-0.39, 0.29) is 11.1 Å². The van der Waals surface area contributed by atoms with Gasteiger partial charge in [-0.25, -0.2) is 14.4 Å². The summed E-state index contributed by atoms with van der Waals surface area (Å²) in [7, 11) is 3.62. The maximum absolute atomic E-state index is 15.1. The normalized spacial score (nSPS) is 21.6. The first-order valence-electron chi connectivity index (χ1n) is 13.5. The standard InChI is InChI=1S/C29H31FN10/c1-37(2)25-4-3-20(26(30)24(25)15-32)17-38-9-11-39(12-10-38)22-13-29(14-22,6-7-31)40-18-21(16-36-40)27-23-5-8-33-28(23)35-19-34-27/h3-5,8,16,18-19,22H,6,9-14,17H2,1-2H3,(H,33,34,35)/t22-,29+. The lowest BCUT2D eigenvalue weighted by Crippen LogP contribution is -2.60. The number of piperazine rings is 1. The molecule has 204 valence electrons. The van der Waals surface area contributed by atoms with Gasteiger partial charge in [0.25, 0.3) is 0 Å². The van der Waals surface area contributed by atoms with Gasteiger partial charge in [-0.15, -0.1) is 0 Å². The second-order valence-corrected chi connectivity index (χ2v) is 11.0. The second-order valence-electron chi connectivity index (χ2n) is 11.0. The zero-order chi connectivity index (χ0) is 27.9. The first-order valence-corrected chi connectivity index (χ1v) is 13.5. The first-order chi connectivity index (χ1) is 19.4. The molecule has 1 saturated heterocycles. The molecule has 1 aliphatic heterocycles. The lowest BCUT2D eigenvalue weighted by molar-refractivity contribution is -0.0192. The Morgan fingerprint density at radius 2 is 1.93 bits per heavy atom. The highest BCUT2D eigenvalue weighted by atomic mass is 19.1. The number of nitrogens with one attached hydrogen (secondary N) is 1. The van der Waals surface area contributed by atoms with Gasteiger partial charge in [0, 0.05) is 81.8 Å². The summed E-state index contributed by atoms with van der Waals surface area (Å²) in [5.41, 5.74) is 3.44. The van der Waals surface area contributed by atoms with Crippen LogP contribution in [0.4, 0.5) is 10.1 Å². The fourth-order valence-corrected chi connectivity index (χ4v) is 6.18. The average Bonchev–Trinajstić information content (AvgIpc) is 3.62. The molecule has 4 heterocycles. The summed E-state index contributed by atoms with van der Waals surface area (Å²) >= 11 is 0. The topological polar surface area (TPSA) is 117 Å². The van der Waals surface area contributed by atoms with E-state index in [0.29, 0.717) is 30.3 Å². The lowest BCUT2D eigenvalue weighted by Gasteiger charge is -2.52. The van der Waals surface area contributed by atoms with E-state index in [9.17, 15) is 10.5 Å². The molecule has 11 heteroatoms. The van der Waals surface area contributed by atoms with Gasteiger partial charge >= 0.3 is 0 Å². The number of benzene rings is 1. The fraction of sp³-hybridized carbons (Fsp3) is 0.414. The first kappa shape index (κ1) is 25.9. The van der Waals surface area contributed by atoms with Gasteiger partial charge in [0.05, 0.1) is 35.6 Å². The van der Waals surface area contributed by atoms with Gasteiger partial charge in [0.15, 0.2) is 0 Å². The number of rotatable bonds is 7. The van der Waals surface area contributed by atoms with Crippen LogP contribution in [0.1, 0.15) is 30.4 Å². The Morgan fingerprint density at radius 1 is 1.12 bits per heavy atom. The molecule has 1 aliphatic carbocycles. The minimum atomic E-state index is -0.422. The van der Waals surface area contributed by atoms with Crippen LogP contribution >= 0.6 is 0 Å². The minimum absolute atomic E-state index is 0.100. The smallest absolute Gasteiger partial charge is 0.147 e. The zero-order valence-corrected chi connectivity index (χ0v) is 22.7. The molecule has 2 aliphatic rings. The van der Waals surface area contributed by atoms with Crippen molar-refractivity contribution in [2.24, 2.45) is 0 Å². The van der Waals surface area contributed by atoms with Crippen molar-refractivity contribution in [3.8, 4) is 23.4 Å². The molecule has 1 aromatic carbocycles. The van der Waals surface area contributed by atoms with Crippen LogP contribution in [0.3, 0.4) is 0 Å². The molecule has 0 unspecified atom stereocenters. The van der Waals surface area contributed by atoms with Crippen molar-refractivity contribution in [1.29, 1.82) is 10.5 Å². The van der Waals surface area contributed by atoms with E-state index in [4.69, 9.17) is 0 Å². The summed E-state index contributed by atoms with van der Waals surface area (Å²) in [6, 6.07) is 10.4. The Kier molecular flexibility index (Phi) is 6.70. The summed E-state index contributed by atoms with van der Waals surface area (Å²) in [4.78, 5) is 18.4. The molecule has 0 atom stereocenters. The SMILES string of the molecule is CN(C)c1ccc(CN2CCN([C@H]3C[C@@](CC#N)(n4cc(-c5ncnc6[nH]ccc56)cn4)C3)CC2)c(F)c1C#N. The third-order valence-electron chi connectivity index (χ3n) is 8.45. The third kappa shape index (κ3) is 4.47. The van der Waals surface area contributed by atoms with E-state index in [0.717, 1.165) is 61.3 Å². The highest BCUT2D eigenvalue weighted by Crippen LogP contribution is 2.45. The van der Waals surface area contributed by atoms with E-state index in [1.54, 1.807) is 17.3 Å². The summed E-state index contributed by atoms with van der Waals surface area (Å²) < 4.78 is 17.0. The summed E-state index contributed by atoms with van der Waals surface area (Å²) in [5, 5.41) is 24.8. The number of anilines is 1. The van der Waals surface area contributed by atoms with Crippen molar-refractivity contribution in [2.45, 2.75) is 37.4 Å². The average molecular weight is 539 g/mol. The Hall–Kier alpha value is -4.32. The predicted octanol–water partition coefficient (Wildman–Crippen LogP) is 3.49. The number of hydrogen-bond donors (Lipinski definition) is 1. The molecule has 2 fully saturated rings. The van der Waals surface area contributed by atoms with Crippen molar-refractivity contribution in [2.75, 3.05) is 45.2 Å². The second kappa shape index (κ2) is 10.3. The number of fused-ring (bicyclic) bond motifs is 1. The predicted molar refractivity (Wildman–Crippen MR) is 149 cm³/mol. The minimum Gasteiger partial charge on any atom is -0.377 e. The van der Waals surface area contributed by atoms with E-state index in [1.165, 1.54) is 0 Å². The van der Waals surface area contributed by atoms with E-state index >= 15 is 4.39 Å². The number of H-pyrrole nitrogens is 1. The molecule has 0 radical (unpaired) electrons. The van der Waals surface area contributed by atoms with E-state index in [2.05, 4.69) is 35.9 Å². The van der Waals surface area contributed by atoms with Crippen molar-refractivity contribution < 1.29 is 4.39 Å². The Morgan fingerprint density at radius 3 is 2.65 bits per heavy atom. The molecule has 0 bridgehead atoms.